The topological polar surface area (TPSA) is 20.3 Å². The summed E-state index contributed by atoms with van der Waals surface area (Å²) in [6.45, 7) is 8.86. The lowest BCUT2D eigenvalue weighted by molar-refractivity contribution is -0.126. The molecular formula is C14H27NO. The first-order chi connectivity index (χ1) is 7.49. The van der Waals surface area contributed by atoms with Gasteiger partial charge in [-0.05, 0) is 44.7 Å². The molecule has 0 radical (unpaired) electrons. The molecule has 1 rings (SSSR count). The number of rotatable bonds is 5. The molecule has 16 heavy (non-hydrogen) atoms. The monoisotopic (exact) mass is 225 g/mol. The van der Waals surface area contributed by atoms with Gasteiger partial charge in [0.15, 0.2) is 0 Å². The van der Waals surface area contributed by atoms with E-state index in [0.29, 0.717) is 11.7 Å². The summed E-state index contributed by atoms with van der Waals surface area (Å²) in [5, 5.41) is 0. The van der Waals surface area contributed by atoms with Gasteiger partial charge in [0, 0.05) is 18.9 Å². The van der Waals surface area contributed by atoms with Crippen molar-refractivity contribution < 1.29 is 4.79 Å². The van der Waals surface area contributed by atoms with E-state index in [2.05, 4.69) is 32.7 Å². The van der Waals surface area contributed by atoms with E-state index in [1.165, 1.54) is 6.42 Å². The number of ketones is 1. The van der Waals surface area contributed by atoms with E-state index in [1.807, 2.05) is 0 Å². The summed E-state index contributed by atoms with van der Waals surface area (Å²) in [5.74, 6) is 2.29. The van der Waals surface area contributed by atoms with E-state index >= 15 is 0 Å². The van der Waals surface area contributed by atoms with Gasteiger partial charge in [0.05, 0.1) is 0 Å². The highest BCUT2D eigenvalue weighted by Gasteiger charge is 2.27. The molecule has 2 nitrogen and oxygen atoms in total. The molecule has 0 heterocycles. The summed E-state index contributed by atoms with van der Waals surface area (Å²) in [6, 6.07) is 0. The van der Waals surface area contributed by atoms with Gasteiger partial charge in [-0.25, -0.2) is 0 Å². The van der Waals surface area contributed by atoms with Crippen LogP contribution in [0.5, 0.6) is 0 Å². The van der Waals surface area contributed by atoms with Crippen LogP contribution < -0.4 is 0 Å². The minimum atomic E-state index is 0.306. The van der Waals surface area contributed by atoms with Gasteiger partial charge in [-0.1, -0.05) is 20.8 Å². The van der Waals surface area contributed by atoms with Gasteiger partial charge in [-0.15, -0.1) is 0 Å². The van der Waals surface area contributed by atoms with Crippen molar-refractivity contribution in [3.8, 4) is 0 Å². The Morgan fingerprint density at radius 3 is 2.75 bits per heavy atom. The summed E-state index contributed by atoms with van der Waals surface area (Å²) in [5.41, 5.74) is 0. The van der Waals surface area contributed by atoms with E-state index < -0.39 is 0 Å². The van der Waals surface area contributed by atoms with Crippen molar-refractivity contribution >= 4 is 5.78 Å². The molecular weight excluding hydrogens is 198 g/mol. The van der Waals surface area contributed by atoms with Crippen LogP contribution in [-0.4, -0.2) is 30.8 Å². The van der Waals surface area contributed by atoms with Crippen molar-refractivity contribution in [3.63, 3.8) is 0 Å². The minimum absolute atomic E-state index is 0.306. The lowest BCUT2D eigenvalue weighted by atomic mass is 9.81. The molecule has 94 valence electrons. The van der Waals surface area contributed by atoms with Gasteiger partial charge >= 0.3 is 0 Å². The standard InChI is InChI=1S/C14H27NO/c1-11(2)7-8-15(4)10-13-9-12(3)5-6-14(13)16/h11-13H,5-10H2,1-4H3. The van der Waals surface area contributed by atoms with Crippen molar-refractivity contribution in [1.82, 2.24) is 4.90 Å². The highest BCUT2D eigenvalue weighted by Crippen LogP contribution is 2.26. The number of carbonyl (C=O) groups excluding carboxylic acids is 1. The number of nitrogens with zero attached hydrogens (tertiary/aromatic N) is 1. The van der Waals surface area contributed by atoms with Crippen LogP contribution in [0, 0.1) is 17.8 Å². The maximum Gasteiger partial charge on any atom is 0.137 e. The first-order valence-electron chi connectivity index (χ1n) is 6.70. The summed E-state index contributed by atoms with van der Waals surface area (Å²) in [7, 11) is 2.15. The maximum absolute atomic E-state index is 11.8. The van der Waals surface area contributed by atoms with Crippen LogP contribution in [0.25, 0.3) is 0 Å². The Morgan fingerprint density at radius 2 is 2.12 bits per heavy atom. The Morgan fingerprint density at radius 1 is 1.44 bits per heavy atom. The molecule has 0 spiro atoms. The van der Waals surface area contributed by atoms with Crippen LogP contribution in [0.1, 0.15) is 46.5 Å². The molecule has 0 amide bonds. The number of hydrogen-bond donors (Lipinski definition) is 0. The predicted octanol–water partition coefficient (Wildman–Crippen LogP) is 2.97. The lowest BCUT2D eigenvalue weighted by Gasteiger charge is -2.29. The lowest BCUT2D eigenvalue weighted by Crippen LogP contribution is -2.35. The van der Waals surface area contributed by atoms with E-state index in [1.54, 1.807) is 0 Å². The quantitative estimate of drug-likeness (QED) is 0.717. The fourth-order valence-electron chi connectivity index (χ4n) is 2.45. The zero-order valence-electron chi connectivity index (χ0n) is 11.3. The molecule has 0 aromatic rings. The summed E-state index contributed by atoms with van der Waals surface area (Å²) < 4.78 is 0. The van der Waals surface area contributed by atoms with E-state index in [4.69, 9.17) is 0 Å². The van der Waals surface area contributed by atoms with Crippen LogP contribution >= 0.6 is 0 Å². The zero-order chi connectivity index (χ0) is 12.1. The first kappa shape index (κ1) is 13.7. The minimum Gasteiger partial charge on any atom is -0.306 e. The van der Waals surface area contributed by atoms with Crippen LogP contribution in [-0.2, 0) is 4.79 Å². The molecule has 0 aliphatic heterocycles. The Balaban J connectivity index is 2.31. The van der Waals surface area contributed by atoms with Crippen LogP contribution in [0.2, 0.25) is 0 Å². The van der Waals surface area contributed by atoms with Crippen molar-refractivity contribution in [2.75, 3.05) is 20.1 Å². The SMILES string of the molecule is CC(C)CCN(C)CC1CC(C)CCC1=O. The molecule has 1 fully saturated rings. The van der Waals surface area contributed by atoms with Crippen molar-refractivity contribution in [3.05, 3.63) is 0 Å². The molecule has 1 aliphatic rings. The predicted molar refractivity (Wildman–Crippen MR) is 68.5 cm³/mol. The second-order valence-electron chi connectivity index (χ2n) is 5.99. The van der Waals surface area contributed by atoms with Crippen molar-refractivity contribution in [1.29, 1.82) is 0 Å². The molecule has 0 bridgehead atoms. The summed E-state index contributed by atoms with van der Waals surface area (Å²) in [6.07, 6.45) is 4.24. The second-order valence-corrected chi connectivity index (χ2v) is 5.99. The van der Waals surface area contributed by atoms with Gasteiger partial charge in [0.1, 0.15) is 5.78 Å². The molecule has 1 saturated carbocycles. The molecule has 0 N–H and O–H groups in total. The molecule has 0 aromatic heterocycles. The number of Topliss-reactive ketones (excluding diaryl/α,β-unsaturated/α-hetero) is 1. The average Bonchev–Trinajstić information content (AvgIpc) is 2.20. The summed E-state index contributed by atoms with van der Waals surface area (Å²) >= 11 is 0. The Hall–Kier alpha value is -0.370. The fourth-order valence-corrected chi connectivity index (χ4v) is 2.45. The molecule has 1 aliphatic carbocycles. The van der Waals surface area contributed by atoms with Crippen LogP contribution in [0.3, 0.4) is 0 Å². The molecule has 0 aromatic carbocycles. The molecule has 0 saturated heterocycles. The molecule has 2 heteroatoms. The third-order valence-electron chi connectivity index (χ3n) is 3.65. The Labute approximate surface area is 100 Å². The second kappa shape index (κ2) is 6.39. The van der Waals surface area contributed by atoms with E-state index in [9.17, 15) is 4.79 Å². The Bertz CT molecular complexity index is 225. The third kappa shape index (κ3) is 4.65. The first-order valence-corrected chi connectivity index (χ1v) is 6.70. The van der Waals surface area contributed by atoms with E-state index in [0.717, 1.165) is 44.2 Å². The fraction of sp³-hybridized carbons (Fsp3) is 0.929. The van der Waals surface area contributed by atoms with Gasteiger partial charge in [0.2, 0.25) is 0 Å². The maximum atomic E-state index is 11.8. The largest absolute Gasteiger partial charge is 0.306 e. The van der Waals surface area contributed by atoms with E-state index in [-0.39, 0.29) is 0 Å². The highest BCUT2D eigenvalue weighted by atomic mass is 16.1. The van der Waals surface area contributed by atoms with Gasteiger partial charge in [-0.3, -0.25) is 4.79 Å². The highest BCUT2D eigenvalue weighted by molar-refractivity contribution is 5.81. The molecule has 2 unspecified atom stereocenters. The normalized spacial score (nSPS) is 26.8. The van der Waals surface area contributed by atoms with Gasteiger partial charge in [-0.2, -0.15) is 0 Å². The smallest absolute Gasteiger partial charge is 0.137 e. The number of hydrogen-bond acceptors (Lipinski definition) is 2. The van der Waals surface area contributed by atoms with Crippen LogP contribution in [0.4, 0.5) is 0 Å². The number of carbonyl (C=O) groups is 1. The van der Waals surface area contributed by atoms with Crippen LogP contribution in [0.15, 0.2) is 0 Å². The average molecular weight is 225 g/mol. The Kier molecular flexibility index (Phi) is 5.47. The zero-order valence-corrected chi connectivity index (χ0v) is 11.3. The summed E-state index contributed by atoms with van der Waals surface area (Å²) in [4.78, 5) is 14.1. The van der Waals surface area contributed by atoms with Gasteiger partial charge in [0.25, 0.3) is 0 Å². The van der Waals surface area contributed by atoms with Crippen molar-refractivity contribution in [2.24, 2.45) is 17.8 Å². The third-order valence-corrected chi connectivity index (χ3v) is 3.65. The van der Waals surface area contributed by atoms with Gasteiger partial charge < -0.3 is 4.90 Å². The molecule has 2 atom stereocenters. The van der Waals surface area contributed by atoms with Crippen molar-refractivity contribution in [2.45, 2.75) is 46.5 Å².